The van der Waals surface area contributed by atoms with Gasteiger partial charge in [-0.25, -0.2) is 0 Å². The standard InChI is InChI=1S/C19H19F3O4/c1-2-3-4-11-25-15-9-10-17(26-18(23)24)16(12-15)13-5-7-14(8-6-13)19(20,21)22/h5-10,12H,2-4,11H2,1H3,(H,23,24)/p-1. The van der Waals surface area contributed by atoms with Crippen molar-refractivity contribution >= 4 is 6.16 Å². The van der Waals surface area contributed by atoms with Gasteiger partial charge in [-0.15, -0.1) is 0 Å². The van der Waals surface area contributed by atoms with E-state index in [0.29, 0.717) is 23.5 Å². The summed E-state index contributed by atoms with van der Waals surface area (Å²) in [5, 5.41) is 10.8. The maximum atomic E-state index is 12.7. The molecule has 0 aromatic heterocycles. The van der Waals surface area contributed by atoms with E-state index in [0.717, 1.165) is 31.4 Å². The van der Waals surface area contributed by atoms with Crippen LogP contribution in [0.2, 0.25) is 0 Å². The first-order valence-corrected chi connectivity index (χ1v) is 8.14. The fraction of sp³-hybridized carbons (Fsp3) is 0.316. The Hall–Kier alpha value is -2.70. The van der Waals surface area contributed by atoms with E-state index in [2.05, 4.69) is 11.7 Å². The summed E-state index contributed by atoms with van der Waals surface area (Å²) in [5.41, 5.74) is -0.125. The topological polar surface area (TPSA) is 58.6 Å². The third-order valence-corrected chi connectivity index (χ3v) is 3.68. The number of carbonyl (C=O) groups is 1. The summed E-state index contributed by atoms with van der Waals surface area (Å²) in [5.74, 6) is 0.437. The Bertz CT molecular complexity index is 739. The van der Waals surface area contributed by atoms with Crippen molar-refractivity contribution in [1.82, 2.24) is 0 Å². The van der Waals surface area contributed by atoms with Gasteiger partial charge in [-0.2, -0.15) is 13.2 Å². The van der Waals surface area contributed by atoms with Crippen molar-refractivity contribution in [2.24, 2.45) is 0 Å². The van der Waals surface area contributed by atoms with Crippen molar-refractivity contribution in [1.29, 1.82) is 0 Å². The van der Waals surface area contributed by atoms with Gasteiger partial charge in [-0.05, 0) is 42.3 Å². The zero-order chi connectivity index (χ0) is 19.2. The van der Waals surface area contributed by atoms with Gasteiger partial charge in [-0.3, -0.25) is 0 Å². The zero-order valence-electron chi connectivity index (χ0n) is 14.1. The Morgan fingerprint density at radius 1 is 1.08 bits per heavy atom. The Morgan fingerprint density at radius 2 is 1.77 bits per heavy atom. The van der Waals surface area contributed by atoms with E-state index in [-0.39, 0.29) is 5.75 Å². The highest BCUT2D eigenvalue weighted by atomic mass is 19.4. The molecule has 0 heterocycles. The summed E-state index contributed by atoms with van der Waals surface area (Å²) in [4.78, 5) is 10.8. The van der Waals surface area contributed by atoms with Crippen LogP contribution in [0.3, 0.4) is 0 Å². The van der Waals surface area contributed by atoms with Gasteiger partial charge in [-0.1, -0.05) is 31.9 Å². The van der Waals surface area contributed by atoms with Crippen LogP contribution in [0.4, 0.5) is 18.0 Å². The number of carboxylic acid groups (broad SMARTS) is 1. The fourth-order valence-electron chi connectivity index (χ4n) is 2.38. The highest BCUT2D eigenvalue weighted by molar-refractivity contribution is 5.75. The monoisotopic (exact) mass is 367 g/mol. The molecule has 0 fully saturated rings. The molecule has 4 nitrogen and oxygen atoms in total. The first-order valence-electron chi connectivity index (χ1n) is 8.14. The van der Waals surface area contributed by atoms with Gasteiger partial charge in [0.25, 0.3) is 6.16 Å². The average molecular weight is 367 g/mol. The molecule has 0 aliphatic carbocycles. The minimum absolute atomic E-state index is 0.0364. The second-order valence-electron chi connectivity index (χ2n) is 5.64. The Morgan fingerprint density at radius 3 is 2.35 bits per heavy atom. The van der Waals surface area contributed by atoms with E-state index in [1.807, 2.05) is 0 Å². The Labute approximate surface area is 149 Å². The second-order valence-corrected chi connectivity index (χ2v) is 5.64. The molecule has 0 aliphatic rings. The van der Waals surface area contributed by atoms with Crippen molar-refractivity contribution in [3.05, 3.63) is 48.0 Å². The predicted molar refractivity (Wildman–Crippen MR) is 87.9 cm³/mol. The quantitative estimate of drug-likeness (QED) is 0.406. The minimum atomic E-state index is -4.45. The van der Waals surface area contributed by atoms with E-state index >= 15 is 0 Å². The first-order chi connectivity index (χ1) is 12.3. The van der Waals surface area contributed by atoms with Gasteiger partial charge in [0.05, 0.1) is 17.9 Å². The van der Waals surface area contributed by atoms with E-state index in [1.165, 1.54) is 30.3 Å². The van der Waals surface area contributed by atoms with Crippen molar-refractivity contribution in [2.75, 3.05) is 6.61 Å². The van der Waals surface area contributed by atoms with Crippen LogP contribution >= 0.6 is 0 Å². The normalized spacial score (nSPS) is 11.2. The van der Waals surface area contributed by atoms with Gasteiger partial charge >= 0.3 is 6.18 Å². The molecule has 2 aromatic rings. The van der Waals surface area contributed by atoms with Crippen LogP contribution in [0.1, 0.15) is 31.7 Å². The number of hydrogen-bond acceptors (Lipinski definition) is 4. The molecule has 2 aromatic carbocycles. The number of unbranched alkanes of at least 4 members (excludes halogenated alkanes) is 2. The first kappa shape index (κ1) is 19.6. The summed E-state index contributed by atoms with van der Waals surface area (Å²) < 4.78 is 48.4. The molecular formula is C19H18F3O4-. The molecular weight excluding hydrogens is 349 g/mol. The largest absolute Gasteiger partial charge is 0.513 e. The maximum Gasteiger partial charge on any atom is 0.416 e. The number of benzene rings is 2. The van der Waals surface area contributed by atoms with Crippen LogP contribution in [0.5, 0.6) is 11.5 Å². The molecule has 0 amide bonds. The predicted octanol–water partition coefficient (Wildman–Crippen LogP) is 4.66. The Balaban J connectivity index is 2.31. The molecule has 0 spiro atoms. The highest BCUT2D eigenvalue weighted by Crippen LogP contribution is 2.36. The van der Waals surface area contributed by atoms with Gasteiger partial charge in [0.1, 0.15) is 5.75 Å². The molecule has 7 heteroatoms. The number of rotatable bonds is 7. The maximum absolute atomic E-state index is 12.7. The summed E-state index contributed by atoms with van der Waals surface area (Å²) in [6.07, 6.45) is -3.29. The summed E-state index contributed by atoms with van der Waals surface area (Å²) >= 11 is 0. The zero-order valence-corrected chi connectivity index (χ0v) is 14.1. The number of alkyl halides is 3. The molecule has 140 valence electrons. The number of carbonyl (C=O) groups excluding carboxylic acids is 1. The van der Waals surface area contributed by atoms with Crippen molar-refractivity contribution in [2.45, 2.75) is 32.4 Å². The third-order valence-electron chi connectivity index (χ3n) is 3.68. The Kier molecular flexibility index (Phi) is 6.49. The van der Waals surface area contributed by atoms with E-state index < -0.39 is 17.9 Å². The van der Waals surface area contributed by atoms with Gasteiger partial charge < -0.3 is 19.4 Å². The second kappa shape index (κ2) is 8.60. The minimum Gasteiger partial charge on any atom is -0.513 e. The van der Waals surface area contributed by atoms with E-state index in [9.17, 15) is 23.1 Å². The summed E-state index contributed by atoms with van der Waals surface area (Å²) in [6.45, 7) is 2.55. The molecule has 2 rings (SSSR count). The average Bonchev–Trinajstić information content (AvgIpc) is 2.59. The molecule has 0 unspecified atom stereocenters. The van der Waals surface area contributed by atoms with Crippen molar-refractivity contribution in [3.63, 3.8) is 0 Å². The molecule has 0 bridgehead atoms. The molecule has 26 heavy (non-hydrogen) atoms. The van der Waals surface area contributed by atoms with E-state index in [1.54, 1.807) is 0 Å². The lowest BCUT2D eigenvalue weighted by Gasteiger charge is -2.16. The van der Waals surface area contributed by atoms with Gasteiger partial charge in [0.2, 0.25) is 0 Å². The van der Waals surface area contributed by atoms with Crippen molar-refractivity contribution < 1.29 is 32.5 Å². The van der Waals surface area contributed by atoms with Crippen LogP contribution in [0.25, 0.3) is 11.1 Å². The lowest BCUT2D eigenvalue weighted by Crippen LogP contribution is -2.26. The third kappa shape index (κ3) is 5.40. The molecule has 0 aliphatic heterocycles. The van der Waals surface area contributed by atoms with E-state index in [4.69, 9.17) is 4.74 Å². The van der Waals surface area contributed by atoms with Crippen LogP contribution < -0.4 is 14.6 Å². The van der Waals surface area contributed by atoms with Crippen LogP contribution in [0.15, 0.2) is 42.5 Å². The van der Waals surface area contributed by atoms with Gasteiger partial charge in [0, 0.05) is 5.56 Å². The fourth-order valence-corrected chi connectivity index (χ4v) is 2.38. The molecule has 0 radical (unpaired) electrons. The van der Waals surface area contributed by atoms with Crippen LogP contribution in [0, 0.1) is 0 Å². The number of halogens is 3. The van der Waals surface area contributed by atoms with Crippen LogP contribution in [-0.4, -0.2) is 12.8 Å². The number of hydrogen-bond donors (Lipinski definition) is 0. The van der Waals surface area contributed by atoms with Gasteiger partial charge in [0.15, 0.2) is 0 Å². The molecule has 0 saturated heterocycles. The smallest absolute Gasteiger partial charge is 0.416 e. The highest BCUT2D eigenvalue weighted by Gasteiger charge is 2.30. The number of ether oxygens (including phenoxy) is 2. The molecule has 0 saturated carbocycles. The molecule has 0 atom stereocenters. The molecule has 0 N–H and O–H groups in total. The lowest BCUT2D eigenvalue weighted by molar-refractivity contribution is -0.271. The SMILES string of the molecule is CCCCCOc1ccc(OC(=O)[O-])c(-c2ccc(C(F)(F)F)cc2)c1. The van der Waals surface area contributed by atoms with Crippen LogP contribution in [-0.2, 0) is 6.18 Å². The summed E-state index contributed by atoms with van der Waals surface area (Å²) in [6, 6.07) is 8.81. The summed E-state index contributed by atoms with van der Waals surface area (Å²) in [7, 11) is 0. The van der Waals surface area contributed by atoms with Crippen molar-refractivity contribution in [3.8, 4) is 22.6 Å². The lowest BCUT2D eigenvalue weighted by atomic mass is 10.0.